The maximum absolute atomic E-state index is 5.18. The lowest BCUT2D eigenvalue weighted by molar-refractivity contribution is -0.0150. The maximum atomic E-state index is 5.18. The lowest BCUT2D eigenvalue weighted by Crippen LogP contribution is -2.54. The van der Waals surface area contributed by atoms with Gasteiger partial charge in [-0.3, -0.25) is 0 Å². The fourth-order valence-electron chi connectivity index (χ4n) is 4.88. The van der Waals surface area contributed by atoms with Gasteiger partial charge in [0.25, 0.3) is 0 Å². The van der Waals surface area contributed by atoms with Gasteiger partial charge in [0.15, 0.2) is 5.82 Å². The van der Waals surface area contributed by atoms with Crippen molar-refractivity contribution in [2.75, 3.05) is 0 Å². The van der Waals surface area contributed by atoms with Gasteiger partial charge in [0.2, 0.25) is 5.89 Å². The molecule has 4 heteroatoms. The number of nitrogens with zero attached hydrogens (tertiary/aromatic N) is 2. The van der Waals surface area contributed by atoms with Crippen molar-refractivity contribution in [2.24, 2.45) is 23.7 Å². The van der Waals surface area contributed by atoms with Crippen molar-refractivity contribution in [1.29, 1.82) is 0 Å². The first-order valence-electron chi connectivity index (χ1n) is 7.30. The van der Waals surface area contributed by atoms with Crippen molar-refractivity contribution in [3.8, 4) is 0 Å². The van der Waals surface area contributed by atoms with Crippen molar-refractivity contribution in [2.45, 2.75) is 51.6 Å². The van der Waals surface area contributed by atoms with Gasteiger partial charge in [-0.15, -0.1) is 0 Å². The molecule has 18 heavy (non-hydrogen) atoms. The zero-order chi connectivity index (χ0) is 12.1. The number of aryl methyl sites for hydroxylation is 1. The Bertz CT molecular complexity index is 414. The summed E-state index contributed by atoms with van der Waals surface area (Å²) in [5.74, 6) is 5.36. The number of rotatable bonds is 3. The first kappa shape index (κ1) is 11.0. The molecule has 1 N–H and O–H groups in total. The van der Waals surface area contributed by atoms with Crippen LogP contribution >= 0.6 is 0 Å². The van der Waals surface area contributed by atoms with Gasteiger partial charge in [-0.2, -0.15) is 4.98 Å². The molecule has 0 saturated heterocycles. The molecule has 1 heterocycles. The van der Waals surface area contributed by atoms with E-state index in [2.05, 4.69) is 15.5 Å². The Hall–Kier alpha value is -0.900. The molecule has 0 spiro atoms. The summed E-state index contributed by atoms with van der Waals surface area (Å²) < 4.78 is 5.18. The molecule has 0 atom stereocenters. The highest BCUT2D eigenvalue weighted by Gasteiger charge is 2.47. The Kier molecular flexibility index (Phi) is 2.47. The van der Waals surface area contributed by atoms with Gasteiger partial charge in [0.05, 0.1) is 6.54 Å². The SMILES string of the molecule is Cc1noc(CNC2C3CC4CC(C3)CC2C4)n1. The molecule has 4 bridgehead atoms. The van der Waals surface area contributed by atoms with Gasteiger partial charge in [0, 0.05) is 6.04 Å². The summed E-state index contributed by atoms with van der Waals surface area (Å²) in [5, 5.41) is 7.54. The van der Waals surface area contributed by atoms with E-state index in [-0.39, 0.29) is 0 Å². The monoisotopic (exact) mass is 247 g/mol. The van der Waals surface area contributed by atoms with Gasteiger partial charge < -0.3 is 9.84 Å². The third-order valence-corrected chi connectivity index (χ3v) is 5.29. The summed E-state index contributed by atoms with van der Waals surface area (Å²) in [6.07, 6.45) is 7.32. The summed E-state index contributed by atoms with van der Waals surface area (Å²) >= 11 is 0. The molecule has 4 aliphatic carbocycles. The number of aromatic nitrogens is 2. The van der Waals surface area contributed by atoms with E-state index in [9.17, 15) is 0 Å². The van der Waals surface area contributed by atoms with Crippen LogP contribution < -0.4 is 5.32 Å². The van der Waals surface area contributed by atoms with E-state index in [4.69, 9.17) is 4.52 Å². The van der Waals surface area contributed by atoms with Crippen LogP contribution in [0.25, 0.3) is 0 Å². The Morgan fingerprint density at radius 1 is 1.11 bits per heavy atom. The van der Waals surface area contributed by atoms with E-state index >= 15 is 0 Å². The average Bonchev–Trinajstić information content (AvgIpc) is 2.73. The molecule has 0 aliphatic heterocycles. The Morgan fingerprint density at radius 3 is 2.33 bits per heavy atom. The van der Waals surface area contributed by atoms with E-state index in [0.717, 1.165) is 41.9 Å². The van der Waals surface area contributed by atoms with Gasteiger partial charge in [-0.05, 0) is 62.7 Å². The van der Waals surface area contributed by atoms with Gasteiger partial charge in [-0.25, -0.2) is 0 Å². The molecule has 0 unspecified atom stereocenters. The predicted octanol–water partition coefficient (Wildman–Crippen LogP) is 2.29. The minimum atomic E-state index is 0.699. The first-order chi connectivity index (χ1) is 8.78. The third kappa shape index (κ3) is 1.78. The second kappa shape index (κ2) is 4.05. The molecule has 4 fully saturated rings. The average molecular weight is 247 g/mol. The standard InChI is InChI=1S/C14H21N3O/c1-8-16-13(18-17-8)7-15-14-11-3-9-2-10(5-11)6-12(14)4-9/h9-12,14-15H,2-7H2,1H3. The van der Waals surface area contributed by atoms with Crippen LogP contribution in [0.15, 0.2) is 4.52 Å². The molecule has 4 nitrogen and oxygen atoms in total. The molecule has 1 aromatic rings. The molecule has 1 aromatic heterocycles. The minimum absolute atomic E-state index is 0.699. The van der Waals surface area contributed by atoms with Crippen molar-refractivity contribution < 1.29 is 4.52 Å². The van der Waals surface area contributed by atoms with Gasteiger partial charge in [0.1, 0.15) is 0 Å². The summed E-state index contributed by atoms with van der Waals surface area (Å²) in [6, 6.07) is 0.699. The highest BCUT2D eigenvalue weighted by atomic mass is 16.5. The largest absolute Gasteiger partial charge is 0.338 e. The van der Waals surface area contributed by atoms with Crippen molar-refractivity contribution >= 4 is 0 Å². The van der Waals surface area contributed by atoms with Crippen molar-refractivity contribution in [1.82, 2.24) is 15.5 Å². The quantitative estimate of drug-likeness (QED) is 0.890. The molecular formula is C14H21N3O. The number of hydrogen-bond acceptors (Lipinski definition) is 4. The van der Waals surface area contributed by atoms with Crippen LogP contribution in [-0.4, -0.2) is 16.2 Å². The zero-order valence-corrected chi connectivity index (χ0v) is 10.9. The highest BCUT2D eigenvalue weighted by molar-refractivity contribution is 5.01. The molecule has 4 aliphatic rings. The Morgan fingerprint density at radius 2 is 1.78 bits per heavy atom. The van der Waals surface area contributed by atoms with Crippen molar-refractivity contribution in [3.05, 3.63) is 11.7 Å². The second-order valence-electron chi connectivity index (χ2n) is 6.57. The third-order valence-electron chi connectivity index (χ3n) is 5.29. The van der Waals surface area contributed by atoms with E-state index in [1.165, 1.54) is 32.1 Å². The maximum Gasteiger partial charge on any atom is 0.240 e. The van der Waals surface area contributed by atoms with Crippen LogP contribution in [0, 0.1) is 30.6 Å². The van der Waals surface area contributed by atoms with Gasteiger partial charge >= 0.3 is 0 Å². The summed E-state index contributed by atoms with van der Waals surface area (Å²) in [4.78, 5) is 4.27. The number of nitrogens with one attached hydrogen (secondary N) is 1. The predicted molar refractivity (Wildman–Crippen MR) is 66.7 cm³/mol. The molecule has 5 rings (SSSR count). The second-order valence-corrected chi connectivity index (χ2v) is 6.57. The normalized spacial score (nSPS) is 41.5. The Labute approximate surface area is 108 Å². The van der Waals surface area contributed by atoms with Crippen LogP contribution in [-0.2, 0) is 6.54 Å². The highest BCUT2D eigenvalue weighted by Crippen LogP contribution is 2.53. The minimum Gasteiger partial charge on any atom is -0.338 e. The van der Waals surface area contributed by atoms with Crippen LogP contribution in [0.5, 0.6) is 0 Å². The van der Waals surface area contributed by atoms with E-state index in [1.54, 1.807) is 0 Å². The lowest BCUT2D eigenvalue weighted by Gasteiger charge is -2.54. The molecule has 98 valence electrons. The molecular weight excluding hydrogens is 226 g/mol. The number of hydrogen-bond donors (Lipinski definition) is 1. The summed E-state index contributed by atoms with van der Waals surface area (Å²) in [6.45, 7) is 2.61. The van der Waals surface area contributed by atoms with Crippen LogP contribution in [0.1, 0.15) is 43.8 Å². The van der Waals surface area contributed by atoms with Crippen LogP contribution in [0.4, 0.5) is 0 Å². The lowest BCUT2D eigenvalue weighted by atomic mass is 9.54. The van der Waals surface area contributed by atoms with E-state index < -0.39 is 0 Å². The molecule has 0 radical (unpaired) electrons. The molecule has 4 saturated carbocycles. The summed E-state index contributed by atoms with van der Waals surface area (Å²) in [7, 11) is 0. The summed E-state index contributed by atoms with van der Waals surface area (Å²) in [5.41, 5.74) is 0. The molecule has 0 amide bonds. The smallest absolute Gasteiger partial charge is 0.240 e. The fourth-order valence-corrected chi connectivity index (χ4v) is 4.88. The van der Waals surface area contributed by atoms with Gasteiger partial charge in [-0.1, -0.05) is 5.16 Å². The zero-order valence-electron chi connectivity index (χ0n) is 10.9. The van der Waals surface area contributed by atoms with Crippen LogP contribution in [0.2, 0.25) is 0 Å². The molecule has 0 aromatic carbocycles. The van der Waals surface area contributed by atoms with Crippen LogP contribution in [0.3, 0.4) is 0 Å². The fraction of sp³-hybridized carbons (Fsp3) is 0.857. The van der Waals surface area contributed by atoms with Crippen molar-refractivity contribution in [3.63, 3.8) is 0 Å². The van der Waals surface area contributed by atoms with E-state index in [0.29, 0.717) is 6.04 Å². The topological polar surface area (TPSA) is 51.0 Å². The first-order valence-corrected chi connectivity index (χ1v) is 7.30. The Balaban J connectivity index is 1.43. The van der Waals surface area contributed by atoms with E-state index in [1.807, 2.05) is 6.92 Å².